The van der Waals surface area contributed by atoms with E-state index in [4.69, 9.17) is 15.2 Å². The van der Waals surface area contributed by atoms with Crippen LogP contribution in [0.2, 0.25) is 0 Å². The number of nitrogens with two attached hydrogens (primary N) is 1. The molecule has 29 heavy (non-hydrogen) atoms. The molecule has 0 radical (unpaired) electrons. The number of methoxy groups -OCH3 is 2. The summed E-state index contributed by atoms with van der Waals surface area (Å²) in [6.45, 7) is 1.79. The third-order valence-electron chi connectivity index (χ3n) is 4.98. The maximum Gasteiger partial charge on any atom is 0.248 e. The molecule has 0 aliphatic carbocycles. The second-order valence-electron chi connectivity index (χ2n) is 6.77. The third kappa shape index (κ3) is 3.33. The van der Waals surface area contributed by atoms with Gasteiger partial charge in [0.1, 0.15) is 17.4 Å². The first-order chi connectivity index (χ1) is 14.0. The van der Waals surface area contributed by atoms with Crippen molar-refractivity contribution < 1.29 is 14.3 Å². The summed E-state index contributed by atoms with van der Waals surface area (Å²) in [5.41, 5.74) is 7.96. The molecular weight excluding hydrogens is 370 g/mol. The molecule has 0 saturated heterocycles. The highest BCUT2D eigenvalue weighted by atomic mass is 16.5. The van der Waals surface area contributed by atoms with Gasteiger partial charge in [-0.3, -0.25) is 4.79 Å². The summed E-state index contributed by atoms with van der Waals surface area (Å²) < 4.78 is 12.4. The average molecular weight is 391 g/mol. The quantitative estimate of drug-likeness (QED) is 0.720. The van der Waals surface area contributed by atoms with Crippen molar-refractivity contribution in [1.29, 1.82) is 0 Å². The fourth-order valence-corrected chi connectivity index (χ4v) is 3.58. The average Bonchev–Trinajstić information content (AvgIpc) is 3.16. The van der Waals surface area contributed by atoms with Crippen LogP contribution in [0.15, 0.2) is 53.5 Å². The summed E-state index contributed by atoms with van der Waals surface area (Å²) in [6, 6.07) is 14.6. The molecule has 2 heterocycles. The molecule has 2 aromatic carbocycles. The highest BCUT2D eigenvalue weighted by Gasteiger charge is 2.38. The van der Waals surface area contributed by atoms with Crippen molar-refractivity contribution in [1.82, 2.24) is 14.8 Å². The van der Waals surface area contributed by atoms with E-state index in [0.717, 1.165) is 11.1 Å². The Labute approximate surface area is 168 Å². The number of fused-ring (bicyclic) bond motifs is 1. The van der Waals surface area contributed by atoms with Crippen molar-refractivity contribution in [2.75, 3.05) is 14.2 Å². The van der Waals surface area contributed by atoms with Gasteiger partial charge >= 0.3 is 0 Å². The Hall–Kier alpha value is -3.68. The Balaban J connectivity index is 1.87. The van der Waals surface area contributed by atoms with Crippen LogP contribution in [0.5, 0.6) is 11.5 Å². The Kier molecular flexibility index (Phi) is 4.75. The number of primary amides is 1. The number of nitrogens with zero attached hydrogens (tertiary/aromatic N) is 4. The zero-order valence-corrected chi connectivity index (χ0v) is 16.4. The molecule has 2 atom stereocenters. The molecule has 148 valence electrons. The standard InChI is InChI=1S/C21H21N5O3/c1-12-17(19(22)27)18(13-7-5-4-6-8-13)26-21(23-12)24-20(25-26)14-9-15(28-2)11-16(10-14)29-3/h4-11,17-18H,1-3H3,(H2,22,27). The van der Waals surface area contributed by atoms with Crippen LogP contribution in [0.1, 0.15) is 18.5 Å². The number of aromatic nitrogens is 3. The Morgan fingerprint density at radius 3 is 2.31 bits per heavy atom. The van der Waals surface area contributed by atoms with E-state index >= 15 is 0 Å². The molecule has 2 N–H and O–H groups in total. The topological polar surface area (TPSA) is 105 Å². The first kappa shape index (κ1) is 18.7. The minimum atomic E-state index is -0.612. The van der Waals surface area contributed by atoms with Gasteiger partial charge in [-0.05, 0) is 24.6 Å². The van der Waals surface area contributed by atoms with Crippen molar-refractivity contribution in [3.63, 3.8) is 0 Å². The number of aliphatic imine (C=N–C) groups is 1. The van der Waals surface area contributed by atoms with Gasteiger partial charge in [-0.25, -0.2) is 9.67 Å². The predicted octanol–water partition coefficient (Wildman–Crippen LogP) is 2.76. The molecule has 1 amide bonds. The highest BCUT2D eigenvalue weighted by molar-refractivity contribution is 6.04. The third-order valence-corrected chi connectivity index (χ3v) is 4.98. The monoisotopic (exact) mass is 391 g/mol. The molecule has 0 fully saturated rings. The normalized spacial score (nSPS) is 18.0. The van der Waals surface area contributed by atoms with Crippen LogP contribution in [-0.2, 0) is 4.79 Å². The molecule has 0 bridgehead atoms. The number of rotatable bonds is 5. The molecule has 1 aromatic heterocycles. The molecule has 8 heteroatoms. The van der Waals surface area contributed by atoms with Gasteiger partial charge in [0.25, 0.3) is 0 Å². The molecule has 0 spiro atoms. The van der Waals surface area contributed by atoms with Gasteiger partial charge in [-0.1, -0.05) is 30.3 Å². The van der Waals surface area contributed by atoms with Crippen LogP contribution in [0.4, 0.5) is 5.95 Å². The second-order valence-corrected chi connectivity index (χ2v) is 6.77. The summed E-state index contributed by atoms with van der Waals surface area (Å²) >= 11 is 0. The first-order valence-corrected chi connectivity index (χ1v) is 9.11. The van der Waals surface area contributed by atoms with E-state index < -0.39 is 17.9 Å². The van der Waals surface area contributed by atoms with Crippen molar-refractivity contribution in [2.24, 2.45) is 16.6 Å². The largest absolute Gasteiger partial charge is 0.497 e. The van der Waals surface area contributed by atoms with Gasteiger partial charge in [0.2, 0.25) is 11.9 Å². The fourth-order valence-electron chi connectivity index (χ4n) is 3.58. The van der Waals surface area contributed by atoms with Gasteiger partial charge < -0.3 is 15.2 Å². The summed E-state index contributed by atoms with van der Waals surface area (Å²) in [5, 5.41) is 4.68. The summed E-state index contributed by atoms with van der Waals surface area (Å²) in [4.78, 5) is 21.3. The molecule has 2 unspecified atom stereocenters. The molecule has 0 saturated carbocycles. The summed E-state index contributed by atoms with van der Waals surface area (Å²) in [6.07, 6.45) is 0. The lowest BCUT2D eigenvalue weighted by molar-refractivity contribution is -0.120. The predicted molar refractivity (Wildman–Crippen MR) is 109 cm³/mol. The SMILES string of the molecule is COc1cc(OC)cc(-c2nc3n(n2)C(c2ccccc2)C(C(N)=O)C(C)=N3)c1. The van der Waals surface area contributed by atoms with Crippen molar-refractivity contribution in [2.45, 2.75) is 13.0 Å². The van der Waals surface area contributed by atoms with E-state index in [-0.39, 0.29) is 0 Å². The Morgan fingerprint density at radius 1 is 1.07 bits per heavy atom. The molecule has 3 aromatic rings. The summed E-state index contributed by atoms with van der Waals surface area (Å²) in [7, 11) is 3.17. The van der Waals surface area contributed by atoms with Gasteiger partial charge in [0.05, 0.1) is 20.3 Å². The van der Waals surface area contributed by atoms with Crippen LogP contribution >= 0.6 is 0 Å². The van der Waals surface area contributed by atoms with E-state index in [1.165, 1.54) is 0 Å². The van der Waals surface area contributed by atoms with Gasteiger partial charge in [0.15, 0.2) is 5.82 Å². The Bertz CT molecular complexity index is 1070. The molecule has 1 aliphatic heterocycles. The summed E-state index contributed by atoms with van der Waals surface area (Å²) in [5.74, 6) is 1.07. The van der Waals surface area contributed by atoms with Crippen LogP contribution < -0.4 is 15.2 Å². The zero-order chi connectivity index (χ0) is 20.5. The lowest BCUT2D eigenvalue weighted by atomic mass is 9.88. The van der Waals surface area contributed by atoms with E-state index in [0.29, 0.717) is 29.0 Å². The van der Waals surface area contributed by atoms with Gasteiger partial charge in [-0.15, -0.1) is 5.10 Å². The van der Waals surface area contributed by atoms with E-state index in [9.17, 15) is 4.79 Å². The van der Waals surface area contributed by atoms with Crippen molar-refractivity contribution in [3.8, 4) is 22.9 Å². The minimum absolute atomic E-state index is 0.421. The van der Waals surface area contributed by atoms with Crippen LogP contribution in [0, 0.1) is 5.92 Å². The van der Waals surface area contributed by atoms with Crippen LogP contribution in [0.25, 0.3) is 11.4 Å². The zero-order valence-electron chi connectivity index (χ0n) is 16.4. The first-order valence-electron chi connectivity index (χ1n) is 9.11. The molecule has 1 aliphatic rings. The molecular formula is C21H21N5O3. The van der Waals surface area contributed by atoms with E-state index in [2.05, 4.69) is 15.1 Å². The van der Waals surface area contributed by atoms with E-state index in [1.54, 1.807) is 31.9 Å². The van der Waals surface area contributed by atoms with Crippen molar-refractivity contribution in [3.05, 3.63) is 54.1 Å². The minimum Gasteiger partial charge on any atom is -0.497 e. The van der Waals surface area contributed by atoms with Gasteiger partial charge in [0, 0.05) is 17.3 Å². The number of ether oxygens (including phenoxy) is 2. The van der Waals surface area contributed by atoms with Gasteiger partial charge in [-0.2, -0.15) is 4.98 Å². The number of carbonyl (C=O) groups excluding carboxylic acids is 1. The Morgan fingerprint density at radius 2 is 1.72 bits per heavy atom. The smallest absolute Gasteiger partial charge is 0.248 e. The molecule has 8 nitrogen and oxygen atoms in total. The number of carbonyl (C=O) groups is 1. The lowest BCUT2D eigenvalue weighted by Crippen LogP contribution is -2.39. The number of benzene rings is 2. The number of hydrogen-bond acceptors (Lipinski definition) is 6. The van der Waals surface area contributed by atoms with Crippen molar-refractivity contribution >= 4 is 17.6 Å². The number of amides is 1. The maximum absolute atomic E-state index is 12.2. The van der Waals surface area contributed by atoms with Crippen LogP contribution in [-0.4, -0.2) is 40.6 Å². The second kappa shape index (κ2) is 7.38. The molecule has 4 rings (SSSR count). The van der Waals surface area contributed by atoms with Crippen LogP contribution in [0.3, 0.4) is 0 Å². The maximum atomic E-state index is 12.2. The van der Waals surface area contributed by atoms with E-state index in [1.807, 2.05) is 42.5 Å². The fraction of sp³-hybridized carbons (Fsp3) is 0.238. The number of hydrogen-bond donors (Lipinski definition) is 1. The highest BCUT2D eigenvalue weighted by Crippen LogP contribution is 2.37. The lowest BCUT2D eigenvalue weighted by Gasteiger charge is -2.29.